The number of nitrogens with zero attached hydrogens (tertiary/aromatic N) is 1. The molecule has 0 saturated carbocycles. The molecule has 0 radical (unpaired) electrons. The van der Waals surface area contributed by atoms with E-state index < -0.39 is 0 Å². The summed E-state index contributed by atoms with van der Waals surface area (Å²) in [5.74, 6) is 1.02. The zero-order valence-corrected chi connectivity index (χ0v) is 13.8. The lowest BCUT2D eigenvalue weighted by molar-refractivity contribution is -0.124. The van der Waals surface area contributed by atoms with Crippen molar-refractivity contribution >= 4 is 33.1 Å². The van der Waals surface area contributed by atoms with E-state index >= 15 is 0 Å². The quantitative estimate of drug-likeness (QED) is 0.854. The van der Waals surface area contributed by atoms with Gasteiger partial charge in [-0.2, -0.15) is 0 Å². The van der Waals surface area contributed by atoms with Crippen molar-refractivity contribution in [3.05, 3.63) is 28.6 Å². The lowest BCUT2D eigenvalue weighted by atomic mass is 9.98. The summed E-state index contributed by atoms with van der Waals surface area (Å²) in [4.78, 5) is 27.0. The molecule has 3 rings (SSSR count). The number of amides is 1. The number of ether oxygens (including phenoxy) is 1. The maximum absolute atomic E-state index is 12.8. The fourth-order valence-electron chi connectivity index (χ4n) is 2.87. The highest BCUT2D eigenvalue weighted by molar-refractivity contribution is 7.21. The van der Waals surface area contributed by atoms with Crippen LogP contribution < -0.4 is 4.74 Å². The average Bonchev–Trinajstić information content (AvgIpc) is 2.85. The van der Waals surface area contributed by atoms with E-state index in [-0.39, 0.29) is 17.6 Å². The highest BCUT2D eigenvalue weighted by atomic mass is 32.1. The summed E-state index contributed by atoms with van der Waals surface area (Å²) in [6.45, 7) is 4.92. The molecule has 1 unspecified atom stereocenters. The van der Waals surface area contributed by atoms with Gasteiger partial charge in [-0.3, -0.25) is 9.59 Å². The topological polar surface area (TPSA) is 46.6 Å². The number of hydrogen-bond donors (Lipinski definition) is 0. The van der Waals surface area contributed by atoms with Crippen LogP contribution in [0.1, 0.15) is 28.6 Å². The molecule has 0 bridgehead atoms. The first-order valence-electron chi connectivity index (χ1n) is 7.40. The Kier molecular flexibility index (Phi) is 3.91. The average molecular weight is 317 g/mol. The van der Waals surface area contributed by atoms with Crippen molar-refractivity contribution in [3.8, 4) is 5.75 Å². The van der Waals surface area contributed by atoms with Gasteiger partial charge in [0.2, 0.25) is 0 Å². The van der Waals surface area contributed by atoms with Crippen LogP contribution in [0.15, 0.2) is 18.2 Å². The first-order valence-corrected chi connectivity index (χ1v) is 8.22. The summed E-state index contributed by atoms with van der Waals surface area (Å²) in [7, 11) is 1.64. The van der Waals surface area contributed by atoms with Crippen LogP contribution in [0.3, 0.4) is 0 Å². The monoisotopic (exact) mass is 317 g/mol. The lowest BCUT2D eigenvalue weighted by Gasteiger charge is -2.29. The minimum atomic E-state index is -0.0625. The van der Waals surface area contributed by atoms with Gasteiger partial charge in [0.1, 0.15) is 11.5 Å². The molecule has 0 aliphatic carbocycles. The van der Waals surface area contributed by atoms with Crippen LogP contribution in [0.25, 0.3) is 10.1 Å². The number of Topliss-reactive ketones (excluding diaryl/α,β-unsaturated/α-hetero) is 1. The number of carbonyl (C=O) groups is 2. The van der Waals surface area contributed by atoms with Crippen LogP contribution in [0.5, 0.6) is 5.75 Å². The maximum atomic E-state index is 12.8. The van der Waals surface area contributed by atoms with Gasteiger partial charge in [-0.05, 0) is 36.1 Å². The van der Waals surface area contributed by atoms with Crippen molar-refractivity contribution in [2.24, 2.45) is 5.92 Å². The Labute approximate surface area is 133 Å². The lowest BCUT2D eigenvalue weighted by Crippen LogP contribution is -2.43. The van der Waals surface area contributed by atoms with E-state index in [1.54, 1.807) is 12.0 Å². The first kappa shape index (κ1) is 15.0. The molecule has 5 heteroatoms. The van der Waals surface area contributed by atoms with Crippen LogP contribution in [-0.2, 0) is 4.79 Å². The minimum Gasteiger partial charge on any atom is -0.497 e. The number of thiophene rings is 1. The largest absolute Gasteiger partial charge is 0.497 e. The van der Waals surface area contributed by atoms with Crippen molar-refractivity contribution in [2.75, 3.05) is 20.2 Å². The summed E-state index contributed by atoms with van der Waals surface area (Å²) in [6.07, 6.45) is 0.463. The number of fused-ring (bicyclic) bond motifs is 1. The van der Waals surface area contributed by atoms with Gasteiger partial charge in [0.25, 0.3) is 5.91 Å². The van der Waals surface area contributed by atoms with Crippen LogP contribution in [0.4, 0.5) is 0 Å². The summed E-state index contributed by atoms with van der Waals surface area (Å²) < 4.78 is 6.35. The normalized spacial score (nSPS) is 18.8. The Hall–Kier alpha value is -1.88. The van der Waals surface area contributed by atoms with Crippen molar-refractivity contribution in [1.82, 2.24) is 4.90 Å². The van der Waals surface area contributed by atoms with E-state index in [1.807, 2.05) is 32.0 Å². The molecule has 1 saturated heterocycles. The predicted octanol–water partition coefficient (Wildman–Crippen LogP) is 3.27. The molecule has 116 valence electrons. The van der Waals surface area contributed by atoms with Crippen molar-refractivity contribution < 1.29 is 14.3 Å². The number of piperidine rings is 1. The number of likely N-dealkylation sites (tertiary alicyclic amines) is 1. The number of benzene rings is 1. The molecule has 2 heterocycles. The molecule has 1 aromatic heterocycles. The van der Waals surface area contributed by atoms with Crippen LogP contribution >= 0.6 is 11.3 Å². The van der Waals surface area contributed by atoms with Gasteiger partial charge in [0.05, 0.1) is 12.0 Å². The molecule has 1 aliphatic heterocycles. The highest BCUT2D eigenvalue weighted by Crippen LogP contribution is 2.34. The molecular formula is C17H19NO3S. The maximum Gasteiger partial charge on any atom is 0.264 e. The molecule has 1 aromatic carbocycles. The molecule has 1 aliphatic rings. The van der Waals surface area contributed by atoms with E-state index in [9.17, 15) is 9.59 Å². The van der Waals surface area contributed by atoms with Gasteiger partial charge in [-0.15, -0.1) is 11.3 Å². The molecule has 1 fully saturated rings. The number of hydrogen-bond acceptors (Lipinski definition) is 4. The fraction of sp³-hybridized carbons (Fsp3) is 0.412. The van der Waals surface area contributed by atoms with Gasteiger partial charge >= 0.3 is 0 Å². The number of aryl methyl sites for hydroxylation is 1. The molecular weight excluding hydrogens is 298 g/mol. The zero-order valence-electron chi connectivity index (χ0n) is 13.0. The SMILES string of the molecule is COc1ccc2sc(C(=O)N3CCC(=O)C(C)C3)c(C)c2c1. The van der Waals surface area contributed by atoms with Gasteiger partial charge in [0.15, 0.2) is 0 Å². The Morgan fingerprint density at radius 3 is 2.86 bits per heavy atom. The Bertz CT molecular complexity index is 750. The van der Waals surface area contributed by atoms with Gasteiger partial charge in [-0.1, -0.05) is 6.92 Å². The van der Waals surface area contributed by atoms with Crippen molar-refractivity contribution in [2.45, 2.75) is 20.3 Å². The third kappa shape index (κ3) is 2.50. The van der Waals surface area contributed by atoms with Crippen molar-refractivity contribution in [1.29, 1.82) is 0 Å². The summed E-state index contributed by atoms with van der Waals surface area (Å²) in [5.41, 5.74) is 0.994. The second-order valence-corrected chi connectivity index (χ2v) is 6.84. The number of rotatable bonds is 2. The minimum absolute atomic E-state index is 0.0389. The van der Waals surface area contributed by atoms with E-state index in [2.05, 4.69) is 0 Å². The fourth-order valence-corrected chi connectivity index (χ4v) is 4.03. The number of carbonyl (C=O) groups excluding carboxylic acids is 2. The molecule has 1 amide bonds. The summed E-state index contributed by atoms with van der Waals surface area (Å²) in [5, 5.41) is 1.06. The smallest absolute Gasteiger partial charge is 0.264 e. The third-order valence-electron chi connectivity index (χ3n) is 4.30. The Balaban J connectivity index is 1.94. The molecule has 2 aromatic rings. The van der Waals surface area contributed by atoms with E-state index in [4.69, 9.17) is 4.74 Å². The Morgan fingerprint density at radius 2 is 2.18 bits per heavy atom. The van der Waals surface area contributed by atoms with E-state index in [0.717, 1.165) is 26.3 Å². The third-order valence-corrected chi connectivity index (χ3v) is 5.56. The number of methoxy groups -OCH3 is 1. The molecule has 22 heavy (non-hydrogen) atoms. The summed E-state index contributed by atoms with van der Waals surface area (Å²) in [6, 6.07) is 5.87. The van der Waals surface area contributed by atoms with Crippen molar-refractivity contribution in [3.63, 3.8) is 0 Å². The first-order chi connectivity index (χ1) is 10.5. The standard InChI is InChI=1S/C17H19NO3S/c1-10-9-18(7-6-14(10)19)17(20)16-11(2)13-8-12(21-3)4-5-15(13)22-16/h4-5,8,10H,6-7,9H2,1-3H3. The highest BCUT2D eigenvalue weighted by Gasteiger charge is 2.29. The molecule has 1 atom stereocenters. The molecule has 0 N–H and O–H groups in total. The number of ketones is 1. The van der Waals surface area contributed by atoms with Gasteiger partial charge in [0, 0.05) is 30.1 Å². The van der Waals surface area contributed by atoms with Crippen LogP contribution in [-0.4, -0.2) is 36.8 Å². The molecule has 0 spiro atoms. The van der Waals surface area contributed by atoms with E-state index in [0.29, 0.717) is 19.5 Å². The summed E-state index contributed by atoms with van der Waals surface area (Å²) >= 11 is 1.52. The zero-order chi connectivity index (χ0) is 15.9. The predicted molar refractivity (Wildman–Crippen MR) is 87.8 cm³/mol. The van der Waals surface area contributed by atoms with Gasteiger partial charge < -0.3 is 9.64 Å². The van der Waals surface area contributed by atoms with Crippen LogP contribution in [0, 0.1) is 12.8 Å². The van der Waals surface area contributed by atoms with Gasteiger partial charge in [-0.25, -0.2) is 0 Å². The molecule has 4 nitrogen and oxygen atoms in total. The van der Waals surface area contributed by atoms with Crippen LogP contribution in [0.2, 0.25) is 0 Å². The van der Waals surface area contributed by atoms with E-state index in [1.165, 1.54) is 11.3 Å². The second-order valence-electron chi connectivity index (χ2n) is 5.79. The Morgan fingerprint density at radius 1 is 1.41 bits per heavy atom. The second kappa shape index (κ2) is 5.72.